The largest absolute Gasteiger partial charge is 0.508 e. The van der Waals surface area contributed by atoms with Crippen molar-refractivity contribution in [1.82, 2.24) is 15.1 Å². The maximum absolute atomic E-state index is 13.4. The molecule has 206 valence electrons. The van der Waals surface area contributed by atoms with Gasteiger partial charge in [-0.2, -0.15) is 0 Å². The Kier molecular flexibility index (Phi) is 9.24. The van der Waals surface area contributed by atoms with Gasteiger partial charge in [0.15, 0.2) is 0 Å². The average molecular weight is 549 g/mol. The number of rotatable bonds is 5. The van der Waals surface area contributed by atoms with Gasteiger partial charge in [0.05, 0.1) is 12.2 Å². The molecule has 1 atom stereocenters. The molecule has 2 aliphatic heterocycles. The number of anilines is 1. The van der Waals surface area contributed by atoms with Crippen molar-refractivity contribution in [3.8, 4) is 5.75 Å². The van der Waals surface area contributed by atoms with Gasteiger partial charge < -0.3 is 20.2 Å². The first-order valence-corrected chi connectivity index (χ1v) is 14.2. The molecule has 1 saturated heterocycles. The predicted octanol–water partition coefficient (Wildman–Crippen LogP) is 5.29. The average Bonchev–Trinajstić information content (AvgIpc) is 3.35. The molecule has 2 N–H and O–H groups in total. The van der Waals surface area contributed by atoms with Crippen molar-refractivity contribution in [2.75, 3.05) is 24.5 Å². The molecule has 1 aromatic heterocycles. The number of benzene rings is 2. The van der Waals surface area contributed by atoms with Gasteiger partial charge in [-0.25, -0.2) is 4.79 Å². The third kappa shape index (κ3) is 6.78. The summed E-state index contributed by atoms with van der Waals surface area (Å²) in [7, 11) is 0. The van der Waals surface area contributed by atoms with Crippen LogP contribution >= 0.6 is 11.3 Å². The normalized spacial score (nSPS) is 16.6. The van der Waals surface area contributed by atoms with E-state index in [1.165, 1.54) is 22.5 Å². The Balaban J connectivity index is 0.000000379. The Morgan fingerprint density at radius 3 is 2.33 bits per heavy atom. The summed E-state index contributed by atoms with van der Waals surface area (Å²) in [4.78, 5) is 44.9. The van der Waals surface area contributed by atoms with Gasteiger partial charge in [-0.3, -0.25) is 14.5 Å². The molecular weight excluding hydrogens is 512 g/mol. The maximum atomic E-state index is 13.4. The topological polar surface area (TPSA) is 93.2 Å². The van der Waals surface area contributed by atoms with Gasteiger partial charge in [-0.1, -0.05) is 60.9 Å². The van der Waals surface area contributed by atoms with Crippen LogP contribution in [0, 0.1) is 13.8 Å². The number of phenols is 1. The monoisotopic (exact) mass is 548 g/mol. The predicted molar refractivity (Wildman–Crippen MR) is 154 cm³/mol. The van der Waals surface area contributed by atoms with E-state index in [2.05, 4.69) is 12.2 Å². The first-order valence-electron chi connectivity index (χ1n) is 13.3. The third-order valence-corrected chi connectivity index (χ3v) is 7.81. The molecule has 3 heterocycles. The Labute approximate surface area is 233 Å². The van der Waals surface area contributed by atoms with E-state index in [0.717, 1.165) is 18.4 Å². The van der Waals surface area contributed by atoms with Crippen molar-refractivity contribution in [2.45, 2.75) is 52.7 Å². The van der Waals surface area contributed by atoms with Gasteiger partial charge >= 0.3 is 6.03 Å². The van der Waals surface area contributed by atoms with Crippen LogP contribution in [0.1, 0.15) is 52.5 Å². The van der Waals surface area contributed by atoms with Gasteiger partial charge in [0, 0.05) is 26.1 Å². The van der Waals surface area contributed by atoms with E-state index in [9.17, 15) is 14.4 Å². The van der Waals surface area contributed by atoms with Gasteiger partial charge in [-0.15, -0.1) is 11.3 Å². The molecule has 5 rings (SSSR count). The molecule has 3 aromatic rings. The molecular formula is C30H36N4O4S. The van der Waals surface area contributed by atoms with Gasteiger partial charge in [-0.05, 0) is 49.4 Å². The van der Waals surface area contributed by atoms with Crippen LogP contribution in [0.5, 0.6) is 5.75 Å². The summed E-state index contributed by atoms with van der Waals surface area (Å²) in [6, 6.07) is 16.7. The summed E-state index contributed by atoms with van der Waals surface area (Å²) in [6.45, 7) is 7.79. The highest BCUT2D eigenvalue weighted by molar-refractivity contribution is 7.12. The van der Waals surface area contributed by atoms with Crippen molar-refractivity contribution < 1.29 is 19.5 Å². The van der Waals surface area contributed by atoms with Crippen LogP contribution in [-0.2, 0) is 11.3 Å². The zero-order valence-electron chi connectivity index (χ0n) is 22.7. The summed E-state index contributed by atoms with van der Waals surface area (Å²) < 4.78 is 0. The molecule has 0 radical (unpaired) electrons. The standard InChI is InChI=1S/C23H28N4O3S.C7H8O/c1-3-4-11-25-15-19-26(12-9-20(25)28)22(29)21-18(10-13-31-21)27(19)23(30)24-14-17-7-5-16(2)6-8-17;1-6-2-4-7(8)5-3-6/h5-8,10,13,19H,3-4,9,11-12,14-15H2,1-2H3,(H,24,30);2-5,8H,1H3. The highest BCUT2D eigenvalue weighted by Gasteiger charge is 2.44. The fourth-order valence-electron chi connectivity index (χ4n) is 4.65. The first kappa shape index (κ1) is 28.2. The number of hydrogen-bond donors (Lipinski definition) is 2. The lowest BCUT2D eigenvalue weighted by Crippen LogP contribution is -2.61. The molecule has 0 bridgehead atoms. The summed E-state index contributed by atoms with van der Waals surface area (Å²) in [6.07, 6.45) is 1.66. The summed E-state index contributed by atoms with van der Waals surface area (Å²) in [5.41, 5.74) is 3.97. The van der Waals surface area contributed by atoms with Crippen LogP contribution in [0.3, 0.4) is 0 Å². The van der Waals surface area contributed by atoms with Crippen LogP contribution in [0.25, 0.3) is 0 Å². The summed E-state index contributed by atoms with van der Waals surface area (Å²) >= 11 is 1.34. The molecule has 0 saturated carbocycles. The number of amides is 4. The Hall–Kier alpha value is -3.85. The number of phenolic OH excluding ortho intramolecular Hbond substituents is 1. The molecule has 0 spiro atoms. The highest BCUT2D eigenvalue weighted by Crippen LogP contribution is 2.36. The van der Waals surface area contributed by atoms with E-state index >= 15 is 0 Å². The van der Waals surface area contributed by atoms with Gasteiger partial charge in [0.1, 0.15) is 16.8 Å². The van der Waals surface area contributed by atoms with Crippen LogP contribution in [0.4, 0.5) is 10.5 Å². The summed E-state index contributed by atoms with van der Waals surface area (Å²) in [5, 5.41) is 13.6. The first-order chi connectivity index (χ1) is 18.8. The zero-order chi connectivity index (χ0) is 27.9. The van der Waals surface area contributed by atoms with E-state index in [4.69, 9.17) is 5.11 Å². The minimum Gasteiger partial charge on any atom is -0.508 e. The second-order valence-corrected chi connectivity index (χ2v) is 10.8. The van der Waals surface area contributed by atoms with E-state index in [0.29, 0.717) is 42.5 Å². The lowest BCUT2D eigenvalue weighted by atomic mass is 10.1. The second kappa shape index (κ2) is 12.8. The van der Waals surface area contributed by atoms with Crippen LogP contribution in [0.15, 0.2) is 60.0 Å². The van der Waals surface area contributed by atoms with Crippen LogP contribution in [0.2, 0.25) is 0 Å². The molecule has 1 unspecified atom stereocenters. The number of aromatic hydroxyl groups is 1. The highest BCUT2D eigenvalue weighted by atomic mass is 32.1. The summed E-state index contributed by atoms with van der Waals surface area (Å²) in [5.74, 6) is 0.275. The van der Waals surface area contributed by atoms with Crippen molar-refractivity contribution in [3.05, 3.63) is 81.5 Å². The number of carbonyl (C=O) groups excluding carboxylic acids is 3. The van der Waals surface area contributed by atoms with Gasteiger partial charge in [0.2, 0.25) is 5.91 Å². The molecule has 0 aliphatic carbocycles. The molecule has 1 fully saturated rings. The number of fused-ring (bicyclic) bond motifs is 2. The van der Waals surface area contributed by atoms with Crippen LogP contribution in [-0.4, -0.2) is 58.6 Å². The fraction of sp³-hybridized carbons (Fsp3) is 0.367. The minimum atomic E-state index is -0.504. The fourth-order valence-corrected chi connectivity index (χ4v) is 5.48. The van der Waals surface area contributed by atoms with Crippen molar-refractivity contribution in [1.29, 1.82) is 0 Å². The van der Waals surface area contributed by atoms with Crippen molar-refractivity contribution in [3.63, 3.8) is 0 Å². The van der Waals surface area contributed by atoms with E-state index in [1.54, 1.807) is 26.8 Å². The van der Waals surface area contributed by atoms with Gasteiger partial charge in [0.25, 0.3) is 5.91 Å². The zero-order valence-corrected chi connectivity index (χ0v) is 23.5. The number of unbranched alkanes of at least 4 members (excludes halogenated alkanes) is 1. The number of nitrogens with one attached hydrogen (secondary N) is 1. The second-order valence-electron chi connectivity index (χ2n) is 9.91. The van der Waals surface area contributed by atoms with Crippen molar-refractivity contribution in [2.24, 2.45) is 0 Å². The SMILES string of the molecule is CCCCN1CC2N(CCC1=O)C(=O)c1sccc1N2C(=O)NCc1ccc(C)cc1.Cc1ccc(O)cc1. The van der Waals surface area contributed by atoms with E-state index < -0.39 is 6.17 Å². The molecule has 39 heavy (non-hydrogen) atoms. The lowest BCUT2D eigenvalue weighted by Gasteiger charge is -2.43. The number of hydrogen-bond acceptors (Lipinski definition) is 5. The quantitative estimate of drug-likeness (QED) is 0.453. The number of thiophene rings is 1. The number of nitrogens with zero attached hydrogens (tertiary/aromatic N) is 3. The Morgan fingerprint density at radius 1 is 1.03 bits per heavy atom. The smallest absolute Gasteiger partial charge is 0.323 e. The lowest BCUT2D eigenvalue weighted by molar-refractivity contribution is -0.130. The number of aryl methyl sites for hydroxylation is 2. The Bertz CT molecular complexity index is 1270. The van der Waals surface area contributed by atoms with Crippen molar-refractivity contribution >= 4 is 34.9 Å². The van der Waals surface area contributed by atoms with E-state index in [1.807, 2.05) is 61.7 Å². The molecule has 8 nitrogen and oxygen atoms in total. The molecule has 9 heteroatoms. The number of urea groups is 1. The molecule has 4 amide bonds. The maximum Gasteiger partial charge on any atom is 0.323 e. The minimum absolute atomic E-state index is 0.0408. The number of carbonyl (C=O) groups is 3. The molecule has 2 aliphatic rings. The Morgan fingerprint density at radius 2 is 1.69 bits per heavy atom. The third-order valence-electron chi connectivity index (χ3n) is 6.92. The van der Waals surface area contributed by atoms with E-state index in [-0.39, 0.29) is 24.3 Å². The van der Waals surface area contributed by atoms with Crippen LogP contribution < -0.4 is 10.2 Å². The molecule has 2 aromatic carbocycles.